The Labute approximate surface area is 122 Å². The minimum absolute atomic E-state index is 0.311. The van der Waals surface area contributed by atoms with Gasteiger partial charge < -0.3 is 14.8 Å². The van der Waals surface area contributed by atoms with Crippen LogP contribution in [0.1, 0.15) is 12.5 Å². The number of methoxy groups -OCH3 is 1. The third-order valence-electron chi connectivity index (χ3n) is 2.88. The Hall–Kier alpha value is -2.30. The highest BCUT2D eigenvalue weighted by Crippen LogP contribution is 2.30. The lowest BCUT2D eigenvalue weighted by atomic mass is 10.2. The molecule has 2 aromatic carbocycles. The van der Waals surface area contributed by atoms with Crippen LogP contribution in [0.15, 0.2) is 36.4 Å². The van der Waals surface area contributed by atoms with Crippen LogP contribution in [-0.2, 0) is 6.54 Å². The zero-order valence-electron chi connectivity index (χ0n) is 12.0. The van der Waals surface area contributed by atoms with E-state index in [2.05, 4.69) is 5.32 Å². The quantitative estimate of drug-likeness (QED) is 0.873. The molecule has 0 aliphatic heterocycles. The van der Waals surface area contributed by atoms with Gasteiger partial charge in [-0.05, 0) is 36.8 Å². The van der Waals surface area contributed by atoms with Crippen LogP contribution in [0, 0.1) is 11.6 Å². The Morgan fingerprint density at radius 2 is 1.71 bits per heavy atom. The summed E-state index contributed by atoms with van der Waals surface area (Å²) in [6.45, 7) is 2.75. The zero-order valence-corrected chi connectivity index (χ0v) is 12.0. The summed E-state index contributed by atoms with van der Waals surface area (Å²) in [6, 6.07) is 8.83. The van der Waals surface area contributed by atoms with Crippen molar-refractivity contribution in [2.24, 2.45) is 0 Å². The molecule has 0 spiro atoms. The lowest BCUT2D eigenvalue weighted by molar-refractivity contribution is 0.311. The monoisotopic (exact) mass is 293 g/mol. The summed E-state index contributed by atoms with van der Waals surface area (Å²) in [5.74, 6) is 0.0850. The van der Waals surface area contributed by atoms with Gasteiger partial charge in [-0.15, -0.1) is 0 Å². The molecule has 112 valence electrons. The van der Waals surface area contributed by atoms with Crippen LogP contribution in [0.5, 0.6) is 11.5 Å². The van der Waals surface area contributed by atoms with Gasteiger partial charge >= 0.3 is 0 Å². The average molecular weight is 293 g/mol. The Morgan fingerprint density at radius 3 is 2.33 bits per heavy atom. The lowest BCUT2D eigenvalue weighted by Gasteiger charge is -2.12. The number of nitrogens with one attached hydrogen (secondary N) is 1. The van der Waals surface area contributed by atoms with Gasteiger partial charge in [0.15, 0.2) is 11.5 Å². The molecule has 0 unspecified atom stereocenters. The van der Waals surface area contributed by atoms with Crippen LogP contribution in [0.25, 0.3) is 0 Å². The first-order valence-corrected chi connectivity index (χ1v) is 6.62. The van der Waals surface area contributed by atoms with E-state index >= 15 is 0 Å². The van der Waals surface area contributed by atoms with Gasteiger partial charge in [0, 0.05) is 24.4 Å². The van der Waals surface area contributed by atoms with Crippen LogP contribution >= 0.6 is 0 Å². The summed E-state index contributed by atoms with van der Waals surface area (Å²) in [5.41, 5.74) is 1.31. The zero-order chi connectivity index (χ0) is 15.2. The Morgan fingerprint density at radius 1 is 1.00 bits per heavy atom. The average Bonchev–Trinajstić information content (AvgIpc) is 2.45. The fraction of sp³-hybridized carbons (Fsp3) is 0.250. The number of hydrogen-bond donors (Lipinski definition) is 1. The molecule has 0 aliphatic rings. The first kappa shape index (κ1) is 15.1. The maximum atomic E-state index is 13.1. The van der Waals surface area contributed by atoms with Crippen LogP contribution in [-0.4, -0.2) is 13.7 Å². The van der Waals surface area contributed by atoms with Crippen molar-refractivity contribution in [3.8, 4) is 11.5 Å². The highest BCUT2D eigenvalue weighted by Gasteiger charge is 2.06. The Balaban J connectivity index is 2.09. The molecule has 0 aromatic heterocycles. The molecule has 0 amide bonds. The van der Waals surface area contributed by atoms with Gasteiger partial charge in [-0.1, -0.05) is 0 Å². The van der Waals surface area contributed by atoms with E-state index < -0.39 is 11.6 Å². The third-order valence-corrected chi connectivity index (χ3v) is 2.88. The van der Waals surface area contributed by atoms with Gasteiger partial charge in [0.25, 0.3) is 0 Å². The second-order valence-electron chi connectivity index (χ2n) is 4.43. The van der Waals surface area contributed by atoms with Gasteiger partial charge in [-0.2, -0.15) is 0 Å². The van der Waals surface area contributed by atoms with E-state index in [1.54, 1.807) is 19.2 Å². The molecule has 0 bridgehead atoms. The van der Waals surface area contributed by atoms with Crippen LogP contribution < -0.4 is 14.8 Å². The number of ether oxygens (including phenoxy) is 2. The van der Waals surface area contributed by atoms with Crippen molar-refractivity contribution >= 4 is 5.69 Å². The fourth-order valence-electron chi connectivity index (χ4n) is 1.97. The molecular formula is C16H17F2NO2. The number of hydrogen-bond acceptors (Lipinski definition) is 3. The standard InChI is InChI=1S/C16H17F2NO2/c1-3-21-15-5-4-14(9-16(15)20-2)19-10-11-6-12(17)8-13(18)7-11/h4-9,19H,3,10H2,1-2H3. The number of anilines is 1. The molecular weight excluding hydrogens is 276 g/mol. The minimum atomic E-state index is -0.587. The molecule has 21 heavy (non-hydrogen) atoms. The molecule has 0 saturated carbocycles. The lowest BCUT2D eigenvalue weighted by Crippen LogP contribution is -2.02. The largest absolute Gasteiger partial charge is 0.493 e. The first-order chi connectivity index (χ1) is 10.1. The molecule has 0 radical (unpaired) electrons. The smallest absolute Gasteiger partial charge is 0.162 e. The highest BCUT2D eigenvalue weighted by atomic mass is 19.1. The van der Waals surface area contributed by atoms with E-state index in [9.17, 15) is 8.78 Å². The summed E-state index contributed by atoms with van der Waals surface area (Å²) in [4.78, 5) is 0. The van der Waals surface area contributed by atoms with Crippen molar-refractivity contribution < 1.29 is 18.3 Å². The molecule has 2 aromatic rings. The molecule has 0 fully saturated rings. The summed E-state index contributed by atoms with van der Waals surface area (Å²) >= 11 is 0. The second kappa shape index (κ2) is 6.92. The van der Waals surface area contributed by atoms with Crippen molar-refractivity contribution in [2.75, 3.05) is 19.0 Å². The predicted octanol–water partition coefficient (Wildman–Crippen LogP) is 3.98. The molecule has 3 nitrogen and oxygen atoms in total. The molecule has 5 heteroatoms. The van der Waals surface area contributed by atoms with E-state index in [0.717, 1.165) is 11.8 Å². The molecule has 0 aliphatic carbocycles. The number of rotatable bonds is 6. The van der Waals surface area contributed by atoms with Gasteiger partial charge in [0.1, 0.15) is 11.6 Å². The number of benzene rings is 2. The van der Waals surface area contributed by atoms with E-state index in [0.29, 0.717) is 30.2 Å². The normalized spacial score (nSPS) is 10.3. The Bertz CT molecular complexity index is 597. The summed E-state index contributed by atoms with van der Waals surface area (Å²) in [6.07, 6.45) is 0. The van der Waals surface area contributed by atoms with E-state index in [1.807, 2.05) is 13.0 Å². The van der Waals surface area contributed by atoms with Crippen molar-refractivity contribution in [2.45, 2.75) is 13.5 Å². The fourth-order valence-corrected chi connectivity index (χ4v) is 1.97. The summed E-state index contributed by atoms with van der Waals surface area (Å²) in [5, 5.41) is 3.09. The second-order valence-corrected chi connectivity index (χ2v) is 4.43. The van der Waals surface area contributed by atoms with Crippen LogP contribution in [0.3, 0.4) is 0 Å². The van der Waals surface area contributed by atoms with Crippen molar-refractivity contribution in [1.29, 1.82) is 0 Å². The first-order valence-electron chi connectivity index (χ1n) is 6.62. The van der Waals surface area contributed by atoms with Crippen molar-refractivity contribution in [1.82, 2.24) is 0 Å². The SMILES string of the molecule is CCOc1ccc(NCc2cc(F)cc(F)c2)cc1OC. The molecule has 2 rings (SSSR count). The highest BCUT2D eigenvalue weighted by molar-refractivity contribution is 5.55. The topological polar surface area (TPSA) is 30.5 Å². The van der Waals surface area contributed by atoms with E-state index in [4.69, 9.17) is 9.47 Å². The van der Waals surface area contributed by atoms with Crippen molar-refractivity contribution in [3.63, 3.8) is 0 Å². The van der Waals surface area contributed by atoms with E-state index in [-0.39, 0.29) is 0 Å². The maximum absolute atomic E-state index is 13.1. The van der Waals surface area contributed by atoms with Crippen LogP contribution in [0.2, 0.25) is 0 Å². The molecule has 0 saturated heterocycles. The van der Waals surface area contributed by atoms with Gasteiger partial charge in [0.05, 0.1) is 13.7 Å². The predicted molar refractivity (Wildman–Crippen MR) is 77.8 cm³/mol. The number of halogens is 2. The maximum Gasteiger partial charge on any atom is 0.162 e. The Kier molecular flexibility index (Phi) is 4.98. The molecule has 1 N–H and O–H groups in total. The third kappa shape index (κ3) is 4.08. The van der Waals surface area contributed by atoms with Gasteiger partial charge in [-0.3, -0.25) is 0 Å². The van der Waals surface area contributed by atoms with Gasteiger partial charge in [-0.25, -0.2) is 8.78 Å². The van der Waals surface area contributed by atoms with Crippen molar-refractivity contribution in [3.05, 3.63) is 53.6 Å². The van der Waals surface area contributed by atoms with Gasteiger partial charge in [0.2, 0.25) is 0 Å². The molecule has 0 atom stereocenters. The molecule has 0 heterocycles. The summed E-state index contributed by atoms with van der Waals surface area (Å²) < 4.78 is 36.9. The van der Waals surface area contributed by atoms with Crippen LogP contribution in [0.4, 0.5) is 14.5 Å². The minimum Gasteiger partial charge on any atom is -0.493 e. The van der Waals surface area contributed by atoms with E-state index in [1.165, 1.54) is 12.1 Å². The summed E-state index contributed by atoms with van der Waals surface area (Å²) in [7, 11) is 1.56.